The van der Waals surface area contributed by atoms with E-state index in [0.29, 0.717) is 6.04 Å². The topological polar surface area (TPSA) is 29.9 Å². The monoisotopic (exact) mass is 235 g/mol. The van der Waals surface area contributed by atoms with Crippen LogP contribution in [0.2, 0.25) is 0 Å². The Morgan fingerprint density at radius 1 is 1.56 bits per heavy atom. The third-order valence-electron chi connectivity index (χ3n) is 2.64. The molecule has 86 valence electrons. The van der Waals surface area contributed by atoms with Crippen LogP contribution in [0.15, 0.2) is 29.2 Å². The van der Waals surface area contributed by atoms with Gasteiger partial charge in [-0.1, -0.05) is 6.92 Å². The van der Waals surface area contributed by atoms with E-state index in [0.717, 1.165) is 18.8 Å². The Bertz CT molecular complexity index is 419. The highest BCUT2D eigenvalue weighted by atomic mass is 32.1. The van der Waals surface area contributed by atoms with Crippen LogP contribution in [0.1, 0.15) is 24.4 Å². The van der Waals surface area contributed by atoms with Crippen LogP contribution >= 0.6 is 11.3 Å². The molecule has 4 heteroatoms. The molecule has 0 saturated carbocycles. The van der Waals surface area contributed by atoms with E-state index in [4.69, 9.17) is 0 Å². The zero-order chi connectivity index (χ0) is 11.4. The van der Waals surface area contributed by atoms with E-state index >= 15 is 0 Å². The first kappa shape index (κ1) is 11.4. The fourth-order valence-electron chi connectivity index (χ4n) is 1.86. The van der Waals surface area contributed by atoms with Gasteiger partial charge >= 0.3 is 0 Å². The van der Waals surface area contributed by atoms with Crippen molar-refractivity contribution in [1.29, 1.82) is 0 Å². The lowest BCUT2D eigenvalue weighted by Crippen LogP contribution is -2.25. The highest BCUT2D eigenvalue weighted by Crippen LogP contribution is 2.18. The van der Waals surface area contributed by atoms with Gasteiger partial charge in [0.25, 0.3) is 0 Å². The molecule has 2 rings (SSSR count). The van der Waals surface area contributed by atoms with Gasteiger partial charge in [0.15, 0.2) is 0 Å². The predicted octanol–water partition coefficient (Wildman–Crippen LogP) is 2.37. The average Bonchev–Trinajstić information content (AvgIpc) is 2.88. The molecule has 2 aromatic rings. The quantitative estimate of drug-likeness (QED) is 0.862. The molecule has 0 bridgehead atoms. The first-order valence-electron chi connectivity index (χ1n) is 5.53. The smallest absolute Gasteiger partial charge is 0.125 e. The van der Waals surface area contributed by atoms with Crippen molar-refractivity contribution < 1.29 is 0 Å². The predicted molar refractivity (Wildman–Crippen MR) is 67.6 cm³/mol. The number of aromatic nitrogens is 2. The van der Waals surface area contributed by atoms with E-state index in [-0.39, 0.29) is 0 Å². The van der Waals surface area contributed by atoms with Gasteiger partial charge < -0.3 is 9.88 Å². The van der Waals surface area contributed by atoms with Crippen LogP contribution in [0.25, 0.3) is 0 Å². The highest BCUT2D eigenvalue weighted by Gasteiger charge is 2.15. The molecule has 0 aliphatic heterocycles. The molecule has 0 aliphatic rings. The van der Waals surface area contributed by atoms with Gasteiger partial charge in [-0.2, -0.15) is 11.3 Å². The Morgan fingerprint density at radius 3 is 3.00 bits per heavy atom. The maximum absolute atomic E-state index is 4.42. The molecular weight excluding hydrogens is 218 g/mol. The first-order chi connectivity index (χ1) is 7.81. The molecule has 0 fully saturated rings. The molecule has 1 N–H and O–H groups in total. The Balaban J connectivity index is 2.14. The van der Waals surface area contributed by atoms with Crippen molar-refractivity contribution in [3.63, 3.8) is 0 Å². The molecule has 16 heavy (non-hydrogen) atoms. The number of hydrogen-bond acceptors (Lipinski definition) is 3. The van der Waals surface area contributed by atoms with Gasteiger partial charge in [-0.05, 0) is 35.4 Å². The maximum atomic E-state index is 4.42. The SMILES string of the molecule is CCNC(Cc1ccsc1)c1nccn1C. The number of hydrogen-bond donors (Lipinski definition) is 1. The zero-order valence-corrected chi connectivity index (χ0v) is 10.5. The normalized spacial score (nSPS) is 12.9. The molecule has 3 nitrogen and oxygen atoms in total. The minimum atomic E-state index is 0.305. The minimum absolute atomic E-state index is 0.305. The zero-order valence-electron chi connectivity index (χ0n) is 9.68. The van der Waals surface area contributed by atoms with Crippen molar-refractivity contribution >= 4 is 11.3 Å². The van der Waals surface area contributed by atoms with Crippen molar-refractivity contribution in [2.24, 2.45) is 7.05 Å². The molecule has 0 spiro atoms. The van der Waals surface area contributed by atoms with Crippen molar-refractivity contribution in [3.8, 4) is 0 Å². The van der Waals surface area contributed by atoms with E-state index in [1.54, 1.807) is 11.3 Å². The molecule has 0 radical (unpaired) electrons. The summed E-state index contributed by atoms with van der Waals surface area (Å²) in [6, 6.07) is 2.48. The van der Waals surface area contributed by atoms with Crippen LogP contribution in [-0.2, 0) is 13.5 Å². The molecule has 0 amide bonds. The van der Waals surface area contributed by atoms with Crippen molar-refractivity contribution in [1.82, 2.24) is 14.9 Å². The standard InChI is InChI=1S/C12H17N3S/c1-3-13-11(8-10-4-7-16-9-10)12-14-5-6-15(12)2/h4-7,9,11,13H,3,8H2,1-2H3. The lowest BCUT2D eigenvalue weighted by molar-refractivity contribution is 0.507. The summed E-state index contributed by atoms with van der Waals surface area (Å²) in [5.41, 5.74) is 1.37. The summed E-state index contributed by atoms with van der Waals surface area (Å²) >= 11 is 1.75. The first-order valence-corrected chi connectivity index (χ1v) is 6.47. The third kappa shape index (κ3) is 2.51. The molecular formula is C12H17N3S. The fraction of sp³-hybridized carbons (Fsp3) is 0.417. The number of nitrogens with zero attached hydrogens (tertiary/aromatic N) is 2. The molecule has 0 saturated heterocycles. The summed E-state index contributed by atoms with van der Waals surface area (Å²) in [5.74, 6) is 1.10. The fourth-order valence-corrected chi connectivity index (χ4v) is 2.54. The summed E-state index contributed by atoms with van der Waals surface area (Å²) in [6.07, 6.45) is 4.85. The number of likely N-dealkylation sites (N-methyl/N-ethyl adjacent to an activating group) is 1. The summed E-state index contributed by atoms with van der Waals surface area (Å²) in [7, 11) is 2.04. The molecule has 1 atom stereocenters. The molecule has 0 aliphatic carbocycles. The van der Waals surface area contributed by atoms with Crippen LogP contribution in [0, 0.1) is 0 Å². The minimum Gasteiger partial charge on any atom is -0.337 e. The van der Waals surface area contributed by atoms with E-state index in [1.807, 2.05) is 19.4 Å². The lowest BCUT2D eigenvalue weighted by Gasteiger charge is -2.16. The number of nitrogens with one attached hydrogen (secondary N) is 1. The van der Waals surface area contributed by atoms with Gasteiger partial charge in [-0.3, -0.25) is 0 Å². The summed E-state index contributed by atoms with van der Waals surface area (Å²) in [6.45, 7) is 3.09. The van der Waals surface area contributed by atoms with Crippen LogP contribution in [-0.4, -0.2) is 16.1 Å². The molecule has 0 aromatic carbocycles. The van der Waals surface area contributed by atoms with E-state index in [9.17, 15) is 0 Å². The van der Waals surface area contributed by atoms with Gasteiger partial charge in [0, 0.05) is 19.4 Å². The van der Waals surface area contributed by atoms with Gasteiger partial charge in [0.1, 0.15) is 5.82 Å². The number of aryl methyl sites for hydroxylation is 1. The second-order valence-corrected chi connectivity index (χ2v) is 4.62. The maximum Gasteiger partial charge on any atom is 0.125 e. The largest absolute Gasteiger partial charge is 0.337 e. The van der Waals surface area contributed by atoms with Crippen LogP contribution in [0.4, 0.5) is 0 Å². The Morgan fingerprint density at radius 2 is 2.44 bits per heavy atom. The Labute approximate surface area is 100 Å². The average molecular weight is 235 g/mol. The van der Waals surface area contributed by atoms with Crippen LogP contribution in [0.5, 0.6) is 0 Å². The van der Waals surface area contributed by atoms with Crippen molar-refractivity contribution in [2.45, 2.75) is 19.4 Å². The summed E-state index contributed by atoms with van der Waals surface area (Å²) in [5, 5.41) is 7.81. The van der Waals surface area contributed by atoms with Gasteiger partial charge in [0.05, 0.1) is 6.04 Å². The number of thiophene rings is 1. The van der Waals surface area contributed by atoms with Crippen molar-refractivity contribution in [2.75, 3.05) is 6.54 Å². The molecule has 2 heterocycles. The number of imidazole rings is 1. The molecule has 2 aromatic heterocycles. The summed E-state index contributed by atoms with van der Waals surface area (Å²) < 4.78 is 2.08. The third-order valence-corrected chi connectivity index (χ3v) is 3.37. The van der Waals surface area contributed by atoms with E-state index in [2.05, 4.69) is 38.6 Å². The second-order valence-electron chi connectivity index (χ2n) is 3.84. The van der Waals surface area contributed by atoms with Gasteiger partial charge in [0.2, 0.25) is 0 Å². The number of rotatable bonds is 5. The van der Waals surface area contributed by atoms with Gasteiger partial charge in [-0.25, -0.2) is 4.98 Å². The van der Waals surface area contributed by atoms with Gasteiger partial charge in [-0.15, -0.1) is 0 Å². The lowest BCUT2D eigenvalue weighted by atomic mass is 10.1. The molecule has 1 unspecified atom stereocenters. The second kappa shape index (κ2) is 5.27. The Hall–Kier alpha value is -1.13. The highest BCUT2D eigenvalue weighted by molar-refractivity contribution is 7.07. The Kier molecular flexibility index (Phi) is 3.74. The van der Waals surface area contributed by atoms with E-state index < -0.39 is 0 Å². The van der Waals surface area contributed by atoms with Crippen molar-refractivity contribution in [3.05, 3.63) is 40.6 Å². The van der Waals surface area contributed by atoms with Crippen LogP contribution in [0.3, 0.4) is 0 Å². The summed E-state index contributed by atoms with van der Waals surface area (Å²) in [4.78, 5) is 4.42. The van der Waals surface area contributed by atoms with Crippen LogP contribution < -0.4 is 5.32 Å². The van der Waals surface area contributed by atoms with E-state index in [1.165, 1.54) is 5.56 Å².